The van der Waals surface area contributed by atoms with Gasteiger partial charge in [0.05, 0.1) is 10.7 Å². The number of hydrogen-bond donors (Lipinski definition) is 1. The molecule has 14 heavy (non-hydrogen) atoms. The Hall–Kier alpha value is -1.13. The highest BCUT2D eigenvalue weighted by atomic mass is 79.9. The van der Waals surface area contributed by atoms with Crippen LogP contribution in [0.5, 0.6) is 0 Å². The Balaban J connectivity index is 2.34. The zero-order valence-corrected chi connectivity index (χ0v) is 8.81. The number of halogens is 1. The maximum atomic E-state index is 9.91. The topological polar surface area (TPSA) is 46.3 Å². The lowest BCUT2D eigenvalue weighted by molar-refractivity contribution is 0.188. The molecule has 0 aromatic carbocycles. The molecule has 2 aromatic heterocycles. The molecular formula is C10H8BrNO2. The Kier molecular flexibility index (Phi) is 2.65. The normalized spacial score (nSPS) is 12.7. The molecule has 0 aliphatic carbocycles. The Labute approximate surface area is 89.5 Å². The van der Waals surface area contributed by atoms with E-state index in [2.05, 4.69) is 20.9 Å². The molecule has 1 unspecified atom stereocenters. The van der Waals surface area contributed by atoms with Gasteiger partial charge in [-0.1, -0.05) is 0 Å². The summed E-state index contributed by atoms with van der Waals surface area (Å²) in [6.07, 6.45) is 4.05. The first-order chi connectivity index (χ1) is 6.79. The van der Waals surface area contributed by atoms with Crippen LogP contribution in [-0.2, 0) is 0 Å². The molecule has 2 heterocycles. The fourth-order valence-corrected chi connectivity index (χ4v) is 1.62. The van der Waals surface area contributed by atoms with E-state index in [4.69, 9.17) is 4.42 Å². The van der Waals surface area contributed by atoms with Gasteiger partial charge in [0.1, 0.15) is 6.10 Å². The van der Waals surface area contributed by atoms with Gasteiger partial charge in [-0.2, -0.15) is 0 Å². The van der Waals surface area contributed by atoms with E-state index in [-0.39, 0.29) is 0 Å². The van der Waals surface area contributed by atoms with Crippen molar-refractivity contribution in [3.05, 3.63) is 52.7 Å². The van der Waals surface area contributed by atoms with Gasteiger partial charge in [-0.25, -0.2) is 0 Å². The number of furan rings is 1. The van der Waals surface area contributed by atoms with E-state index in [1.165, 1.54) is 6.26 Å². The summed E-state index contributed by atoms with van der Waals surface area (Å²) in [5.41, 5.74) is 0.760. The second kappa shape index (κ2) is 3.94. The highest BCUT2D eigenvalue weighted by Gasteiger charge is 2.16. The van der Waals surface area contributed by atoms with Crippen molar-refractivity contribution in [2.24, 2.45) is 0 Å². The van der Waals surface area contributed by atoms with Crippen LogP contribution >= 0.6 is 15.9 Å². The Bertz CT molecular complexity index is 413. The molecule has 3 nitrogen and oxygen atoms in total. The average molecular weight is 254 g/mol. The van der Waals surface area contributed by atoms with Crippen LogP contribution in [0.4, 0.5) is 0 Å². The van der Waals surface area contributed by atoms with Crippen LogP contribution in [0.2, 0.25) is 0 Å². The van der Waals surface area contributed by atoms with Crippen LogP contribution < -0.4 is 0 Å². The third-order valence-electron chi connectivity index (χ3n) is 1.91. The van der Waals surface area contributed by atoms with Crippen molar-refractivity contribution < 1.29 is 9.52 Å². The highest BCUT2D eigenvalue weighted by Crippen LogP contribution is 2.28. The van der Waals surface area contributed by atoms with E-state index in [0.717, 1.165) is 10.0 Å². The molecular weight excluding hydrogens is 246 g/mol. The first-order valence-electron chi connectivity index (χ1n) is 4.10. The van der Waals surface area contributed by atoms with Crippen molar-refractivity contribution in [1.82, 2.24) is 4.98 Å². The average Bonchev–Trinajstić information content (AvgIpc) is 2.65. The predicted octanol–water partition coefficient (Wildman–Crippen LogP) is 2.52. The minimum Gasteiger partial charge on any atom is -0.465 e. The number of pyridine rings is 1. The quantitative estimate of drug-likeness (QED) is 0.895. The van der Waals surface area contributed by atoms with Crippen molar-refractivity contribution in [2.75, 3.05) is 0 Å². The standard InChI is InChI=1S/C10H8BrNO2/c11-8-3-6-14-10(8)9(13)7-1-4-12-5-2-7/h1-6,9,13H. The Morgan fingerprint density at radius 2 is 2.00 bits per heavy atom. The first-order valence-corrected chi connectivity index (χ1v) is 4.89. The van der Waals surface area contributed by atoms with Gasteiger partial charge >= 0.3 is 0 Å². The van der Waals surface area contributed by atoms with Crippen LogP contribution in [-0.4, -0.2) is 10.1 Å². The monoisotopic (exact) mass is 253 g/mol. The predicted molar refractivity (Wildman–Crippen MR) is 54.7 cm³/mol. The summed E-state index contributed by atoms with van der Waals surface area (Å²) in [7, 11) is 0. The van der Waals surface area contributed by atoms with Crippen LogP contribution in [0.15, 0.2) is 45.7 Å². The zero-order valence-electron chi connectivity index (χ0n) is 7.22. The lowest BCUT2D eigenvalue weighted by Crippen LogP contribution is -1.98. The van der Waals surface area contributed by atoms with E-state index in [1.807, 2.05) is 0 Å². The van der Waals surface area contributed by atoms with Crippen LogP contribution in [0.25, 0.3) is 0 Å². The highest BCUT2D eigenvalue weighted by molar-refractivity contribution is 9.10. The molecule has 1 atom stereocenters. The fraction of sp³-hybridized carbons (Fsp3) is 0.100. The van der Waals surface area contributed by atoms with Gasteiger partial charge in [-0.3, -0.25) is 4.98 Å². The zero-order chi connectivity index (χ0) is 9.97. The van der Waals surface area contributed by atoms with Gasteiger partial charge in [-0.05, 0) is 39.7 Å². The third-order valence-corrected chi connectivity index (χ3v) is 2.57. The van der Waals surface area contributed by atoms with Crippen LogP contribution in [0, 0.1) is 0 Å². The molecule has 0 bridgehead atoms. The van der Waals surface area contributed by atoms with Gasteiger partial charge in [0.15, 0.2) is 5.76 Å². The summed E-state index contributed by atoms with van der Waals surface area (Å²) in [6.45, 7) is 0. The third kappa shape index (κ3) is 1.71. The minimum absolute atomic E-state index is 0.510. The molecule has 0 saturated heterocycles. The molecule has 0 aliphatic heterocycles. The van der Waals surface area contributed by atoms with Gasteiger partial charge in [0.2, 0.25) is 0 Å². The molecule has 0 fully saturated rings. The SMILES string of the molecule is OC(c1ccncc1)c1occc1Br. The van der Waals surface area contributed by atoms with Crippen molar-refractivity contribution in [3.8, 4) is 0 Å². The van der Waals surface area contributed by atoms with Gasteiger partial charge in [0, 0.05) is 12.4 Å². The number of aliphatic hydroxyl groups is 1. The molecule has 4 heteroatoms. The summed E-state index contributed by atoms with van der Waals surface area (Å²) in [6, 6.07) is 5.25. The van der Waals surface area contributed by atoms with E-state index in [0.29, 0.717) is 5.76 Å². The first kappa shape index (κ1) is 9.43. The summed E-state index contributed by atoms with van der Waals surface area (Å²) in [5, 5.41) is 9.91. The summed E-state index contributed by atoms with van der Waals surface area (Å²) in [4.78, 5) is 3.88. The number of aliphatic hydroxyl groups excluding tert-OH is 1. The molecule has 0 saturated carbocycles. The maximum absolute atomic E-state index is 9.91. The van der Waals surface area contributed by atoms with Gasteiger partial charge < -0.3 is 9.52 Å². The Morgan fingerprint density at radius 1 is 1.29 bits per heavy atom. The van der Waals surface area contributed by atoms with E-state index in [1.54, 1.807) is 30.6 Å². The van der Waals surface area contributed by atoms with E-state index < -0.39 is 6.10 Å². The molecule has 0 amide bonds. The van der Waals surface area contributed by atoms with E-state index >= 15 is 0 Å². The fourth-order valence-electron chi connectivity index (χ4n) is 1.20. The van der Waals surface area contributed by atoms with Crippen LogP contribution in [0.3, 0.4) is 0 Å². The lowest BCUT2D eigenvalue weighted by Gasteiger charge is -2.07. The summed E-state index contributed by atoms with van der Waals surface area (Å²) < 4.78 is 5.93. The largest absolute Gasteiger partial charge is 0.465 e. The molecule has 0 radical (unpaired) electrons. The molecule has 0 aliphatic rings. The van der Waals surface area contributed by atoms with Gasteiger partial charge in [0.25, 0.3) is 0 Å². The summed E-state index contributed by atoms with van der Waals surface area (Å²) in [5.74, 6) is 0.510. The van der Waals surface area contributed by atoms with Crippen molar-refractivity contribution >= 4 is 15.9 Å². The van der Waals surface area contributed by atoms with Crippen LogP contribution in [0.1, 0.15) is 17.4 Å². The minimum atomic E-state index is -0.748. The summed E-state index contributed by atoms with van der Waals surface area (Å²) >= 11 is 3.29. The number of nitrogens with zero attached hydrogens (tertiary/aromatic N) is 1. The molecule has 0 spiro atoms. The second-order valence-electron chi connectivity index (χ2n) is 2.82. The maximum Gasteiger partial charge on any atom is 0.150 e. The van der Waals surface area contributed by atoms with Crippen molar-refractivity contribution in [2.45, 2.75) is 6.10 Å². The van der Waals surface area contributed by atoms with Crippen molar-refractivity contribution in [1.29, 1.82) is 0 Å². The molecule has 2 rings (SSSR count). The number of hydrogen-bond acceptors (Lipinski definition) is 3. The Morgan fingerprint density at radius 3 is 2.57 bits per heavy atom. The number of rotatable bonds is 2. The smallest absolute Gasteiger partial charge is 0.150 e. The molecule has 1 N–H and O–H groups in total. The number of aromatic nitrogens is 1. The molecule has 2 aromatic rings. The van der Waals surface area contributed by atoms with E-state index in [9.17, 15) is 5.11 Å². The lowest BCUT2D eigenvalue weighted by atomic mass is 10.1. The molecule has 72 valence electrons. The van der Waals surface area contributed by atoms with Gasteiger partial charge in [-0.15, -0.1) is 0 Å². The second-order valence-corrected chi connectivity index (χ2v) is 3.67. The van der Waals surface area contributed by atoms with Crippen molar-refractivity contribution in [3.63, 3.8) is 0 Å².